The highest BCUT2D eigenvalue weighted by Gasteiger charge is 2.15. The highest BCUT2D eigenvalue weighted by atomic mass is 35.5. The Morgan fingerprint density at radius 2 is 1.95 bits per heavy atom. The summed E-state index contributed by atoms with van der Waals surface area (Å²) in [5, 5.41) is 3.03. The minimum atomic E-state index is 0. The Kier molecular flexibility index (Phi) is 16.5. The largest absolute Gasteiger partial charge is 0.355 e. The topological polar surface area (TPSA) is 58.4 Å². The summed E-state index contributed by atoms with van der Waals surface area (Å²) in [6.45, 7) is 7.26. The Balaban J connectivity index is 0. The predicted molar refractivity (Wildman–Crippen MR) is 94.5 cm³/mol. The number of unbranched alkanes of at least 4 members (excludes halogenated alkanes) is 3. The molecule has 0 aliphatic carbocycles. The first-order valence-corrected chi connectivity index (χ1v) is 7.91. The van der Waals surface area contributed by atoms with Gasteiger partial charge in [-0.1, -0.05) is 19.8 Å². The maximum atomic E-state index is 11.6. The van der Waals surface area contributed by atoms with E-state index >= 15 is 0 Å². The van der Waals surface area contributed by atoms with E-state index in [1.807, 2.05) is 0 Å². The molecule has 3 N–H and O–H groups in total. The van der Waals surface area contributed by atoms with Crippen LogP contribution in [-0.4, -0.2) is 43.5 Å². The summed E-state index contributed by atoms with van der Waals surface area (Å²) in [7, 11) is 0. The van der Waals surface area contributed by atoms with Crippen molar-refractivity contribution in [1.29, 1.82) is 0 Å². The number of rotatable bonds is 9. The van der Waals surface area contributed by atoms with Gasteiger partial charge in [0, 0.05) is 26.1 Å². The second-order valence-corrected chi connectivity index (χ2v) is 5.85. The van der Waals surface area contributed by atoms with Crippen molar-refractivity contribution >= 4 is 30.7 Å². The van der Waals surface area contributed by atoms with Gasteiger partial charge >= 0.3 is 0 Å². The third-order valence-electron chi connectivity index (χ3n) is 3.85. The van der Waals surface area contributed by atoms with Crippen molar-refractivity contribution in [2.45, 2.75) is 51.9 Å². The fourth-order valence-electron chi connectivity index (χ4n) is 2.72. The van der Waals surface area contributed by atoms with E-state index in [0.717, 1.165) is 51.2 Å². The third kappa shape index (κ3) is 12.2. The van der Waals surface area contributed by atoms with Crippen LogP contribution in [-0.2, 0) is 4.79 Å². The number of hydrogen-bond acceptors (Lipinski definition) is 3. The molecular formula is C15H33Cl2N3O. The number of carbonyl (C=O) groups is 1. The van der Waals surface area contributed by atoms with Crippen molar-refractivity contribution < 1.29 is 4.79 Å². The van der Waals surface area contributed by atoms with Gasteiger partial charge < -0.3 is 16.0 Å². The zero-order valence-corrected chi connectivity index (χ0v) is 14.9. The van der Waals surface area contributed by atoms with Gasteiger partial charge in [0.25, 0.3) is 0 Å². The van der Waals surface area contributed by atoms with Crippen LogP contribution >= 0.6 is 24.8 Å². The van der Waals surface area contributed by atoms with Gasteiger partial charge in [0.05, 0.1) is 0 Å². The lowest BCUT2D eigenvalue weighted by Gasteiger charge is -2.30. The average Bonchev–Trinajstić information content (AvgIpc) is 2.38. The molecule has 1 heterocycles. The number of halogens is 2. The van der Waals surface area contributed by atoms with E-state index in [2.05, 4.69) is 17.1 Å². The predicted octanol–water partition coefficient (Wildman–Crippen LogP) is 2.59. The van der Waals surface area contributed by atoms with E-state index in [1.54, 1.807) is 0 Å². The van der Waals surface area contributed by atoms with E-state index in [4.69, 9.17) is 5.73 Å². The first kappa shape index (κ1) is 23.2. The molecule has 6 heteroatoms. The quantitative estimate of drug-likeness (QED) is 0.633. The molecule has 21 heavy (non-hydrogen) atoms. The van der Waals surface area contributed by atoms with Gasteiger partial charge in [0.2, 0.25) is 5.91 Å². The van der Waals surface area contributed by atoms with E-state index in [1.165, 1.54) is 25.9 Å². The summed E-state index contributed by atoms with van der Waals surface area (Å²) < 4.78 is 0. The van der Waals surface area contributed by atoms with Crippen LogP contribution in [0.15, 0.2) is 0 Å². The van der Waals surface area contributed by atoms with E-state index in [9.17, 15) is 4.79 Å². The first-order valence-electron chi connectivity index (χ1n) is 7.91. The van der Waals surface area contributed by atoms with Gasteiger partial charge in [-0.15, -0.1) is 24.8 Å². The molecule has 1 atom stereocenters. The summed E-state index contributed by atoms with van der Waals surface area (Å²) in [4.78, 5) is 14.1. The smallest absolute Gasteiger partial charge is 0.220 e. The summed E-state index contributed by atoms with van der Waals surface area (Å²) in [6.07, 6.45) is 7.66. The zero-order valence-electron chi connectivity index (χ0n) is 13.3. The van der Waals surface area contributed by atoms with Crippen LogP contribution in [0.1, 0.15) is 51.9 Å². The van der Waals surface area contributed by atoms with E-state index < -0.39 is 0 Å². The molecule has 0 aromatic carbocycles. The molecule has 1 aliphatic rings. The van der Waals surface area contributed by atoms with Crippen LogP contribution in [0.4, 0.5) is 0 Å². The minimum absolute atomic E-state index is 0. The number of hydrogen-bond donors (Lipinski definition) is 2. The Hall–Kier alpha value is -0.0300. The molecule has 0 aromatic heterocycles. The van der Waals surface area contributed by atoms with Gasteiger partial charge in [-0.05, 0) is 44.7 Å². The molecule has 1 aliphatic heterocycles. The number of carbonyl (C=O) groups excluding carboxylic acids is 1. The van der Waals surface area contributed by atoms with Crippen molar-refractivity contribution in [3.8, 4) is 0 Å². The van der Waals surface area contributed by atoms with Gasteiger partial charge in [-0.25, -0.2) is 0 Å². The second kappa shape index (κ2) is 14.9. The van der Waals surface area contributed by atoms with Gasteiger partial charge in [-0.2, -0.15) is 0 Å². The SMILES string of the molecule is CC1CCCN(CCNC(=O)CCCCCCN)C1.Cl.Cl. The molecule has 0 saturated carbocycles. The molecule has 0 bridgehead atoms. The van der Waals surface area contributed by atoms with Crippen LogP contribution in [0, 0.1) is 5.92 Å². The lowest BCUT2D eigenvalue weighted by atomic mass is 10.0. The standard InChI is InChI=1S/C15H31N3O.2ClH/c1-14-7-6-11-18(13-14)12-10-17-15(19)8-4-2-3-5-9-16;;/h14H,2-13,16H2,1H3,(H,17,19);2*1H. The lowest BCUT2D eigenvalue weighted by molar-refractivity contribution is -0.121. The Bertz CT molecular complexity index is 255. The minimum Gasteiger partial charge on any atom is -0.355 e. The van der Waals surface area contributed by atoms with Crippen molar-refractivity contribution in [2.24, 2.45) is 11.7 Å². The average molecular weight is 342 g/mol. The maximum Gasteiger partial charge on any atom is 0.220 e. The molecule has 1 amide bonds. The molecule has 1 rings (SSSR count). The Morgan fingerprint density at radius 1 is 1.24 bits per heavy atom. The van der Waals surface area contributed by atoms with Gasteiger partial charge in [0.15, 0.2) is 0 Å². The molecular weight excluding hydrogens is 309 g/mol. The Morgan fingerprint density at radius 3 is 2.62 bits per heavy atom. The number of piperidine rings is 1. The molecule has 4 nitrogen and oxygen atoms in total. The van der Waals surface area contributed by atoms with Crippen LogP contribution < -0.4 is 11.1 Å². The number of likely N-dealkylation sites (tertiary alicyclic amines) is 1. The maximum absolute atomic E-state index is 11.6. The zero-order chi connectivity index (χ0) is 13.9. The normalized spacial score (nSPS) is 18.5. The molecule has 0 spiro atoms. The lowest BCUT2D eigenvalue weighted by Crippen LogP contribution is -2.40. The molecule has 1 unspecified atom stereocenters. The Labute approximate surface area is 142 Å². The van der Waals surface area contributed by atoms with Crippen molar-refractivity contribution in [2.75, 3.05) is 32.7 Å². The summed E-state index contributed by atoms with van der Waals surface area (Å²) in [6, 6.07) is 0. The van der Waals surface area contributed by atoms with Crippen LogP contribution in [0.25, 0.3) is 0 Å². The van der Waals surface area contributed by atoms with E-state index in [0.29, 0.717) is 6.42 Å². The van der Waals surface area contributed by atoms with Gasteiger partial charge in [0.1, 0.15) is 0 Å². The molecule has 1 saturated heterocycles. The monoisotopic (exact) mass is 341 g/mol. The van der Waals surface area contributed by atoms with Crippen molar-refractivity contribution in [1.82, 2.24) is 10.2 Å². The van der Waals surface area contributed by atoms with E-state index in [-0.39, 0.29) is 30.7 Å². The number of nitrogens with two attached hydrogens (primary N) is 1. The van der Waals surface area contributed by atoms with Gasteiger partial charge in [-0.3, -0.25) is 4.79 Å². The number of nitrogens with one attached hydrogen (secondary N) is 1. The molecule has 0 aromatic rings. The van der Waals surface area contributed by atoms with Crippen LogP contribution in [0.2, 0.25) is 0 Å². The second-order valence-electron chi connectivity index (χ2n) is 5.85. The number of amides is 1. The van der Waals surface area contributed by atoms with Crippen molar-refractivity contribution in [3.05, 3.63) is 0 Å². The summed E-state index contributed by atoms with van der Waals surface area (Å²) in [5.74, 6) is 1.02. The highest BCUT2D eigenvalue weighted by Crippen LogP contribution is 2.14. The first-order chi connectivity index (χ1) is 9.22. The fourth-order valence-corrected chi connectivity index (χ4v) is 2.72. The molecule has 128 valence electrons. The third-order valence-corrected chi connectivity index (χ3v) is 3.85. The summed E-state index contributed by atoms with van der Waals surface area (Å²) in [5.41, 5.74) is 5.43. The molecule has 1 fully saturated rings. The highest BCUT2D eigenvalue weighted by molar-refractivity contribution is 5.85. The van der Waals surface area contributed by atoms with Crippen LogP contribution in [0.3, 0.4) is 0 Å². The van der Waals surface area contributed by atoms with Crippen LogP contribution in [0.5, 0.6) is 0 Å². The van der Waals surface area contributed by atoms with Crippen molar-refractivity contribution in [3.63, 3.8) is 0 Å². The number of nitrogens with zero attached hydrogens (tertiary/aromatic N) is 1. The molecule has 0 radical (unpaired) electrons. The summed E-state index contributed by atoms with van der Waals surface area (Å²) >= 11 is 0. The fraction of sp³-hybridized carbons (Fsp3) is 0.933.